The summed E-state index contributed by atoms with van der Waals surface area (Å²) in [5, 5.41) is 4.70. The highest BCUT2D eigenvalue weighted by Gasteiger charge is 2.41. The van der Waals surface area contributed by atoms with Crippen LogP contribution in [0.2, 0.25) is 0 Å². The molecule has 0 aliphatic rings. The van der Waals surface area contributed by atoms with Crippen molar-refractivity contribution >= 4 is 5.97 Å². The Labute approximate surface area is 223 Å². The maximum atomic E-state index is 13.9. The van der Waals surface area contributed by atoms with Gasteiger partial charge in [0.25, 0.3) is 0 Å². The number of hydrogen-bond acceptors (Lipinski definition) is 4. The molecule has 0 radical (unpaired) electrons. The van der Waals surface area contributed by atoms with Gasteiger partial charge in [-0.3, -0.25) is 4.68 Å². The van der Waals surface area contributed by atoms with E-state index < -0.39 is 23.2 Å². The van der Waals surface area contributed by atoms with E-state index in [0.29, 0.717) is 16.8 Å². The van der Waals surface area contributed by atoms with Crippen LogP contribution in [0, 0.1) is 0 Å². The van der Waals surface area contributed by atoms with Crippen LogP contribution in [0.5, 0.6) is 0 Å². The van der Waals surface area contributed by atoms with Crippen LogP contribution in [-0.4, -0.2) is 31.9 Å². The SMILES string of the molecule is CCOC(=O)c1ncc(-c2cnn(C(c3ccccc3)(c3ccccc3)c3cccc(C(F)(F)F)c3)c2)n1C. The molecule has 0 unspecified atom stereocenters. The van der Waals surface area contributed by atoms with Gasteiger partial charge in [0.2, 0.25) is 5.82 Å². The van der Waals surface area contributed by atoms with Gasteiger partial charge in [0.05, 0.1) is 30.3 Å². The Kier molecular flexibility index (Phi) is 6.82. The predicted octanol–water partition coefficient (Wildman–Crippen LogP) is 6.32. The lowest BCUT2D eigenvalue weighted by Crippen LogP contribution is -2.38. The first-order chi connectivity index (χ1) is 18.8. The maximum absolute atomic E-state index is 13.9. The molecule has 0 atom stereocenters. The molecule has 5 aromatic rings. The summed E-state index contributed by atoms with van der Waals surface area (Å²) in [6.45, 7) is 1.93. The molecule has 2 heterocycles. The molecule has 0 aliphatic heterocycles. The zero-order valence-corrected chi connectivity index (χ0v) is 21.3. The van der Waals surface area contributed by atoms with E-state index in [-0.39, 0.29) is 12.4 Å². The van der Waals surface area contributed by atoms with Gasteiger partial charge in [0, 0.05) is 18.8 Å². The van der Waals surface area contributed by atoms with Gasteiger partial charge >= 0.3 is 12.1 Å². The number of rotatable bonds is 7. The van der Waals surface area contributed by atoms with Crippen LogP contribution in [0.1, 0.15) is 39.8 Å². The van der Waals surface area contributed by atoms with Crippen molar-refractivity contribution in [3.05, 3.63) is 132 Å². The molecule has 2 aromatic heterocycles. The summed E-state index contributed by atoms with van der Waals surface area (Å²) in [5.41, 5.74) is 1.07. The van der Waals surface area contributed by atoms with Crippen LogP contribution in [-0.2, 0) is 23.5 Å². The summed E-state index contributed by atoms with van der Waals surface area (Å²) in [5.74, 6) is -0.416. The number of nitrogens with zero attached hydrogens (tertiary/aromatic N) is 4. The third kappa shape index (κ3) is 4.60. The molecule has 0 saturated carbocycles. The number of halogens is 3. The van der Waals surface area contributed by atoms with Crippen LogP contribution < -0.4 is 0 Å². The van der Waals surface area contributed by atoms with E-state index in [1.807, 2.05) is 60.7 Å². The lowest BCUT2D eigenvalue weighted by molar-refractivity contribution is -0.137. The molecule has 39 heavy (non-hydrogen) atoms. The van der Waals surface area contributed by atoms with Gasteiger partial charge in [-0.2, -0.15) is 18.3 Å². The second kappa shape index (κ2) is 10.2. The van der Waals surface area contributed by atoms with E-state index in [9.17, 15) is 18.0 Å². The van der Waals surface area contributed by atoms with E-state index in [2.05, 4.69) is 4.98 Å². The summed E-state index contributed by atoms with van der Waals surface area (Å²) >= 11 is 0. The molecule has 0 bridgehead atoms. The summed E-state index contributed by atoms with van der Waals surface area (Å²) in [6.07, 6.45) is 0.388. The number of imidazole rings is 1. The molecular formula is C30H25F3N4O2. The van der Waals surface area contributed by atoms with Crippen molar-refractivity contribution < 1.29 is 22.7 Å². The molecule has 0 aliphatic carbocycles. The first-order valence-corrected chi connectivity index (χ1v) is 12.3. The Bertz CT molecular complexity index is 1550. The minimum Gasteiger partial charge on any atom is -0.460 e. The van der Waals surface area contributed by atoms with Crippen molar-refractivity contribution in [1.82, 2.24) is 19.3 Å². The lowest BCUT2D eigenvalue weighted by Gasteiger charge is -2.36. The fraction of sp³-hybridized carbons (Fsp3) is 0.167. The molecule has 0 N–H and O–H groups in total. The van der Waals surface area contributed by atoms with Crippen LogP contribution in [0.4, 0.5) is 13.2 Å². The van der Waals surface area contributed by atoms with Crippen molar-refractivity contribution in [2.45, 2.75) is 18.6 Å². The van der Waals surface area contributed by atoms with Gasteiger partial charge in [0.15, 0.2) is 0 Å². The molecular weight excluding hydrogens is 505 g/mol. The monoisotopic (exact) mass is 530 g/mol. The summed E-state index contributed by atoms with van der Waals surface area (Å²) < 4.78 is 50.0. The highest BCUT2D eigenvalue weighted by atomic mass is 19.4. The lowest BCUT2D eigenvalue weighted by atomic mass is 9.76. The van der Waals surface area contributed by atoms with E-state index in [1.165, 1.54) is 12.1 Å². The number of benzene rings is 3. The standard InChI is InChI=1S/C30H25F3N4O2/c1-3-39-28(38)27-34-19-26(36(27)2)21-18-35-37(20-21)29(22-11-6-4-7-12-22,23-13-8-5-9-14-23)24-15-10-16-25(17-24)30(31,32)33/h4-20H,3H2,1-2H3. The number of alkyl halides is 3. The highest BCUT2D eigenvalue weighted by molar-refractivity contribution is 5.86. The van der Waals surface area contributed by atoms with Gasteiger partial charge in [-0.15, -0.1) is 0 Å². The summed E-state index contributed by atoms with van der Waals surface area (Å²) in [4.78, 5) is 16.5. The molecule has 0 saturated heterocycles. The molecule has 5 rings (SSSR count). The normalized spacial score (nSPS) is 11.9. The Morgan fingerprint density at radius 3 is 2.03 bits per heavy atom. The minimum atomic E-state index is -4.53. The summed E-state index contributed by atoms with van der Waals surface area (Å²) in [6, 6.07) is 23.9. The fourth-order valence-electron chi connectivity index (χ4n) is 4.88. The second-order valence-corrected chi connectivity index (χ2v) is 8.94. The first-order valence-electron chi connectivity index (χ1n) is 12.3. The zero-order chi connectivity index (χ0) is 27.6. The molecule has 3 aromatic carbocycles. The summed E-state index contributed by atoms with van der Waals surface area (Å²) in [7, 11) is 1.69. The average Bonchev–Trinajstić information content (AvgIpc) is 3.57. The Balaban J connectivity index is 1.77. The van der Waals surface area contributed by atoms with Crippen molar-refractivity contribution in [2.75, 3.05) is 6.61 Å². The molecule has 198 valence electrons. The van der Waals surface area contributed by atoms with Crippen molar-refractivity contribution in [2.24, 2.45) is 7.05 Å². The van der Waals surface area contributed by atoms with Crippen LogP contribution >= 0.6 is 0 Å². The Morgan fingerprint density at radius 1 is 0.846 bits per heavy atom. The third-order valence-electron chi connectivity index (χ3n) is 6.66. The van der Waals surface area contributed by atoms with E-state index in [4.69, 9.17) is 9.84 Å². The van der Waals surface area contributed by atoms with Gasteiger partial charge in [0.1, 0.15) is 5.54 Å². The first kappa shape index (κ1) is 26.0. The molecule has 6 nitrogen and oxygen atoms in total. The number of carbonyl (C=O) groups excluding carboxylic acids is 1. The molecule has 0 fully saturated rings. The smallest absolute Gasteiger partial charge is 0.416 e. The third-order valence-corrected chi connectivity index (χ3v) is 6.66. The number of aromatic nitrogens is 4. The second-order valence-electron chi connectivity index (χ2n) is 8.94. The topological polar surface area (TPSA) is 61.9 Å². The maximum Gasteiger partial charge on any atom is 0.416 e. The highest BCUT2D eigenvalue weighted by Crippen LogP contribution is 2.43. The minimum absolute atomic E-state index is 0.134. The number of ether oxygens (including phenoxy) is 1. The van der Waals surface area contributed by atoms with Crippen LogP contribution in [0.3, 0.4) is 0 Å². The number of carbonyl (C=O) groups is 1. The zero-order valence-electron chi connectivity index (χ0n) is 21.3. The van der Waals surface area contributed by atoms with E-state index >= 15 is 0 Å². The molecule has 0 amide bonds. The quantitative estimate of drug-likeness (QED) is 0.183. The average molecular weight is 531 g/mol. The van der Waals surface area contributed by atoms with Gasteiger partial charge in [-0.05, 0) is 35.7 Å². The molecule has 9 heteroatoms. The number of hydrogen-bond donors (Lipinski definition) is 0. The Hall–Kier alpha value is -4.66. The van der Waals surface area contributed by atoms with Crippen molar-refractivity contribution in [3.8, 4) is 11.3 Å². The van der Waals surface area contributed by atoms with Gasteiger partial charge < -0.3 is 9.30 Å². The van der Waals surface area contributed by atoms with Gasteiger partial charge in [-0.1, -0.05) is 72.8 Å². The Morgan fingerprint density at radius 2 is 1.44 bits per heavy atom. The largest absolute Gasteiger partial charge is 0.460 e. The van der Waals surface area contributed by atoms with Crippen molar-refractivity contribution in [1.29, 1.82) is 0 Å². The van der Waals surface area contributed by atoms with Crippen LogP contribution in [0.15, 0.2) is 104 Å². The molecule has 0 spiro atoms. The van der Waals surface area contributed by atoms with Gasteiger partial charge in [-0.25, -0.2) is 9.78 Å². The van der Waals surface area contributed by atoms with Crippen molar-refractivity contribution in [3.63, 3.8) is 0 Å². The predicted molar refractivity (Wildman–Crippen MR) is 140 cm³/mol. The van der Waals surface area contributed by atoms with E-state index in [1.54, 1.807) is 47.9 Å². The number of esters is 1. The fourth-order valence-corrected chi connectivity index (χ4v) is 4.88. The van der Waals surface area contributed by atoms with E-state index in [0.717, 1.165) is 17.2 Å². The van der Waals surface area contributed by atoms with Crippen LogP contribution in [0.25, 0.3) is 11.3 Å².